The first-order valence-electron chi connectivity index (χ1n) is 6.42. The van der Waals surface area contributed by atoms with Crippen LogP contribution < -0.4 is 0 Å². The number of carbonyl (C=O) groups is 3. The van der Waals surface area contributed by atoms with Crippen LogP contribution in [0.3, 0.4) is 0 Å². The number of hydrogen-bond donors (Lipinski definition) is 0. The van der Waals surface area contributed by atoms with Crippen molar-refractivity contribution in [2.45, 2.75) is 18.8 Å². The normalized spacial score (nSPS) is 31.3. The van der Waals surface area contributed by atoms with Crippen LogP contribution in [0.2, 0.25) is 0 Å². The molecule has 5 nitrogen and oxygen atoms in total. The van der Waals surface area contributed by atoms with E-state index in [1.165, 1.54) is 7.11 Å². The topological polar surface area (TPSA) is 69.7 Å². The van der Waals surface area contributed by atoms with E-state index >= 15 is 0 Å². The second kappa shape index (κ2) is 4.16. The minimum Gasteiger partial charge on any atom is -0.468 e. The summed E-state index contributed by atoms with van der Waals surface area (Å²) in [5, 5.41) is 0. The molecule has 3 rings (SSSR count). The van der Waals surface area contributed by atoms with Crippen LogP contribution >= 0.6 is 0 Å². The first-order chi connectivity index (χ1) is 9.50. The lowest BCUT2D eigenvalue weighted by Gasteiger charge is -2.38. The van der Waals surface area contributed by atoms with Gasteiger partial charge in [-0.2, -0.15) is 0 Å². The molecule has 0 bridgehead atoms. The molecule has 0 radical (unpaired) electrons. The van der Waals surface area contributed by atoms with Crippen molar-refractivity contribution in [3.8, 4) is 0 Å². The number of ether oxygens (including phenoxy) is 2. The predicted molar refractivity (Wildman–Crippen MR) is 67.6 cm³/mol. The summed E-state index contributed by atoms with van der Waals surface area (Å²) < 4.78 is 9.63. The van der Waals surface area contributed by atoms with Crippen LogP contribution in [0.25, 0.3) is 0 Å². The first kappa shape index (κ1) is 12.8. The van der Waals surface area contributed by atoms with Crippen molar-refractivity contribution in [2.75, 3.05) is 7.11 Å². The number of fused-ring (bicyclic) bond motifs is 2. The SMILES string of the molecule is COC(=O)[C@]1(C)c2ccccc2C[C@H]2C(=O)OC(=O)[C@H]21. The lowest BCUT2D eigenvalue weighted by atomic mass is 9.60. The monoisotopic (exact) mass is 274 g/mol. The Morgan fingerprint density at radius 1 is 1.30 bits per heavy atom. The lowest BCUT2D eigenvalue weighted by Crippen LogP contribution is -2.50. The quantitative estimate of drug-likeness (QED) is 0.564. The highest BCUT2D eigenvalue weighted by Crippen LogP contribution is 2.48. The molecule has 1 fully saturated rings. The van der Waals surface area contributed by atoms with E-state index in [1.54, 1.807) is 13.0 Å². The number of esters is 3. The zero-order chi connectivity index (χ0) is 14.5. The third kappa shape index (κ3) is 1.46. The number of methoxy groups -OCH3 is 1. The summed E-state index contributed by atoms with van der Waals surface area (Å²) in [5.74, 6) is -3.13. The fourth-order valence-electron chi connectivity index (χ4n) is 3.44. The number of cyclic esters (lactones) is 2. The highest BCUT2D eigenvalue weighted by atomic mass is 16.6. The van der Waals surface area contributed by atoms with Crippen molar-refractivity contribution in [1.82, 2.24) is 0 Å². The van der Waals surface area contributed by atoms with E-state index in [2.05, 4.69) is 0 Å². The van der Waals surface area contributed by atoms with Crippen molar-refractivity contribution < 1.29 is 23.9 Å². The lowest BCUT2D eigenvalue weighted by molar-refractivity contribution is -0.158. The average molecular weight is 274 g/mol. The van der Waals surface area contributed by atoms with Crippen LogP contribution in [-0.4, -0.2) is 25.0 Å². The van der Waals surface area contributed by atoms with Crippen LogP contribution in [0.15, 0.2) is 24.3 Å². The van der Waals surface area contributed by atoms with Gasteiger partial charge < -0.3 is 9.47 Å². The second-order valence-electron chi connectivity index (χ2n) is 5.38. The van der Waals surface area contributed by atoms with Crippen LogP contribution in [-0.2, 0) is 35.7 Å². The van der Waals surface area contributed by atoms with Crippen LogP contribution in [0, 0.1) is 11.8 Å². The van der Waals surface area contributed by atoms with Crippen LogP contribution in [0.5, 0.6) is 0 Å². The third-order valence-electron chi connectivity index (χ3n) is 4.41. The Hall–Kier alpha value is -2.17. The third-order valence-corrected chi connectivity index (χ3v) is 4.41. The molecular formula is C15H14O5. The molecule has 0 unspecified atom stereocenters. The molecule has 0 saturated carbocycles. The molecule has 0 amide bonds. The highest BCUT2D eigenvalue weighted by molar-refractivity contribution is 6.02. The molecule has 1 saturated heterocycles. The number of hydrogen-bond acceptors (Lipinski definition) is 5. The summed E-state index contributed by atoms with van der Waals surface area (Å²) in [4.78, 5) is 36.2. The Morgan fingerprint density at radius 2 is 2.00 bits per heavy atom. The molecule has 1 aliphatic heterocycles. The molecule has 1 aromatic carbocycles. The minimum absolute atomic E-state index is 0.415. The Bertz CT molecular complexity index is 620. The van der Waals surface area contributed by atoms with E-state index in [1.807, 2.05) is 18.2 Å². The molecule has 104 valence electrons. The van der Waals surface area contributed by atoms with Gasteiger partial charge in [-0.15, -0.1) is 0 Å². The molecular weight excluding hydrogens is 260 g/mol. The summed E-state index contributed by atoms with van der Waals surface area (Å²) in [6.45, 7) is 1.65. The number of carbonyl (C=O) groups excluding carboxylic acids is 3. The van der Waals surface area contributed by atoms with Gasteiger partial charge in [0.25, 0.3) is 0 Å². The van der Waals surface area contributed by atoms with E-state index < -0.39 is 35.2 Å². The molecule has 3 atom stereocenters. The van der Waals surface area contributed by atoms with Crippen molar-refractivity contribution in [1.29, 1.82) is 0 Å². The molecule has 1 aliphatic carbocycles. The highest BCUT2D eigenvalue weighted by Gasteiger charge is 2.61. The van der Waals surface area contributed by atoms with E-state index in [0.717, 1.165) is 11.1 Å². The zero-order valence-corrected chi connectivity index (χ0v) is 11.2. The Kier molecular flexibility index (Phi) is 2.67. The van der Waals surface area contributed by atoms with Gasteiger partial charge in [-0.1, -0.05) is 24.3 Å². The van der Waals surface area contributed by atoms with E-state index in [9.17, 15) is 14.4 Å². The zero-order valence-electron chi connectivity index (χ0n) is 11.2. The van der Waals surface area contributed by atoms with Crippen LogP contribution in [0.1, 0.15) is 18.1 Å². The Labute approximate surface area is 115 Å². The summed E-state index contributed by atoms with van der Waals surface area (Å²) in [7, 11) is 1.28. The predicted octanol–water partition coefficient (Wildman–Crippen LogP) is 0.989. The Morgan fingerprint density at radius 3 is 2.70 bits per heavy atom. The van der Waals surface area contributed by atoms with Crippen molar-refractivity contribution in [3.05, 3.63) is 35.4 Å². The molecule has 5 heteroatoms. The van der Waals surface area contributed by atoms with Gasteiger partial charge in [0.2, 0.25) is 0 Å². The average Bonchev–Trinajstić information content (AvgIpc) is 2.73. The van der Waals surface area contributed by atoms with Gasteiger partial charge in [-0.25, -0.2) is 0 Å². The van der Waals surface area contributed by atoms with Crippen molar-refractivity contribution >= 4 is 17.9 Å². The van der Waals surface area contributed by atoms with Gasteiger partial charge in [0, 0.05) is 0 Å². The van der Waals surface area contributed by atoms with Gasteiger partial charge in [0.15, 0.2) is 0 Å². The number of rotatable bonds is 1. The van der Waals surface area contributed by atoms with E-state index in [-0.39, 0.29) is 0 Å². The summed E-state index contributed by atoms with van der Waals surface area (Å²) in [5.41, 5.74) is 0.436. The van der Waals surface area contributed by atoms with Gasteiger partial charge in [0.05, 0.1) is 18.9 Å². The fourth-order valence-corrected chi connectivity index (χ4v) is 3.44. The maximum absolute atomic E-state index is 12.3. The number of benzene rings is 1. The molecule has 0 spiro atoms. The maximum atomic E-state index is 12.3. The van der Waals surface area contributed by atoms with E-state index in [4.69, 9.17) is 9.47 Å². The maximum Gasteiger partial charge on any atom is 0.318 e. The second-order valence-corrected chi connectivity index (χ2v) is 5.38. The fraction of sp³-hybridized carbons (Fsp3) is 0.400. The molecule has 0 N–H and O–H groups in total. The largest absolute Gasteiger partial charge is 0.468 e. The molecule has 1 aromatic rings. The first-order valence-corrected chi connectivity index (χ1v) is 6.42. The Balaban J connectivity index is 2.24. The molecule has 20 heavy (non-hydrogen) atoms. The van der Waals surface area contributed by atoms with Gasteiger partial charge in [-0.05, 0) is 24.5 Å². The van der Waals surface area contributed by atoms with Crippen LogP contribution in [0.4, 0.5) is 0 Å². The molecule has 1 heterocycles. The van der Waals surface area contributed by atoms with Gasteiger partial charge >= 0.3 is 17.9 Å². The summed E-state index contributed by atoms with van der Waals surface area (Å²) >= 11 is 0. The van der Waals surface area contributed by atoms with Gasteiger partial charge in [0.1, 0.15) is 5.41 Å². The van der Waals surface area contributed by atoms with Gasteiger partial charge in [-0.3, -0.25) is 14.4 Å². The smallest absolute Gasteiger partial charge is 0.318 e. The molecule has 2 aliphatic rings. The van der Waals surface area contributed by atoms with Crippen molar-refractivity contribution in [3.63, 3.8) is 0 Å². The summed E-state index contributed by atoms with van der Waals surface area (Å²) in [6.07, 6.45) is 0.415. The van der Waals surface area contributed by atoms with E-state index in [0.29, 0.717) is 6.42 Å². The minimum atomic E-state index is -1.18. The molecule has 0 aromatic heterocycles. The summed E-state index contributed by atoms with van der Waals surface area (Å²) in [6, 6.07) is 7.32. The van der Waals surface area contributed by atoms with Crippen molar-refractivity contribution in [2.24, 2.45) is 11.8 Å². The standard InChI is InChI=1S/C15H14O5/c1-15(14(18)19-2)10-6-4-3-5-8(10)7-9-11(15)13(17)20-12(9)16/h3-6,9,11H,7H2,1-2H3/t9-,11+,15-/m1/s1.